The predicted octanol–water partition coefficient (Wildman–Crippen LogP) is 2.97. The van der Waals surface area contributed by atoms with Gasteiger partial charge < -0.3 is 14.5 Å². The van der Waals surface area contributed by atoms with E-state index in [-0.39, 0.29) is 0 Å². The maximum absolute atomic E-state index is 6.13. The smallest absolute Gasteiger partial charge is 0.205 e. The Morgan fingerprint density at radius 1 is 1.23 bits per heavy atom. The zero-order chi connectivity index (χ0) is 15.5. The molecule has 3 rings (SSSR count). The Kier molecular flexibility index (Phi) is 4.81. The van der Waals surface area contributed by atoms with Crippen molar-refractivity contribution in [3.63, 3.8) is 0 Å². The molecule has 0 radical (unpaired) electrons. The lowest BCUT2D eigenvalue weighted by Crippen LogP contribution is -2.46. The van der Waals surface area contributed by atoms with E-state index in [1.165, 1.54) is 22.8 Å². The molecule has 1 aliphatic heterocycles. The second-order valence-electron chi connectivity index (χ2n) is 5.33. The molecule has 2 aromatic rings. The third kappa shape index (κ3) is 3.34. The maximum Gasteiger partial charge on any atom is 0.205 e. The van der Waals surface area contributed by atoms with Gasteiger partial charge >= 0.3 is 0 Å². The molecule has 1 aliphatic rings. The SMILES string of the molecule is COCc1nsc(N2CCN(c3cc(Cl)ccc3C)CC2)n1. The van der Waals surface area contributed by atoms with Crippen LogP contribution in [0.25, 0.3) is 0 Å². The van der Waals surface area contributed by atoms with Gasteiger partial charge in [0.05, 0.1) is 0 Å². The van der Waals surface area contributed by atoms with Crippen molar-refractivity contribution < 1.29 is 4.74 Å². The highest BCUT2D eigenvalue weighted by atomic mass is 35.5. The summed E-state index contributed by atoms with van der Waals surface area (Å²) in [5.74, 6) is 0.760. The Hall–Kier alpha value is -1.37. The van der Waals surface area contributed by atoms with Gasteiger partial charge in [-0.1, -0.05) is 17.7 Å². The number of aryl methyl sites for hydroxylation is 1. The van der Waals surface area contributed by atoms with E-state index >= 15 is 0 Å². The standard InChI is InChI=1S/C15H19ClN4OS/c1-11-3-4-12(16)9-13(11)19-5-7-20(8-6-19)15-17-14(10-21-2)18-22-15/h3-4,9H,5-8,10H2,1-2H3. The van der Waals surface area contributed by atoms with Gasteiger partial charge in [0.1, 0.15) is 6.61 Å². The molecular formula is C15H19ClN4OS. The molecule has 0 saturated carbocycles. The number of nitrogens with zero attached hydrogens (tertiary/aromatic N) is 4. The van der Waals surface area contributed by atoms with Crippen molar-refractivity contribution in [2.24, 2.45) is 0 Å². The van der Waals surface area contributed by atoms with Crippen molar-refractivity contribution in [2.75, 3.05) is 43.1 Å². The molecule has 22 heavy (non-hydrogen) atoms. The van der Waals surface area contributed by atoms with Crippen LogP contribution in [0.2, 0.25) is 5.02 Å². The maximum atomic E-state index is 6.13. The highest BCUT2D eigenvalue weighted by molar-refractivity contribution is 7.09. The molecule has 118 valence electrons. The van der Waals surface area contributed by atoms with Gasteiger partial charge in [0, 0.05) is 55.5 Å². The first kappa shape index (κ1) is 15.5. The van der Waals surface area contributed by atoms with E-state index in [1.807, 2.05) is 12.1 Å². The number of halogens is 1. The second kappa shape index (κ2) is 6.81. The van der Waals surface area contributed by atoms with Gasteiger partial charge in [-0.05, 0) is 24.6 Å². The average Bonchev–Trinajstić information content (AvgIpc) is 2.99. The molecule has 1 saturated heterocycles. The van der Waals surface area contributed by atoms with Crippen molar-refractivity contribution in [1.29, 1.82) is 0 Å². The van der Waals surface area contributed by atoms with E-state index in [4.69, 9.17) is 16.3 Å². The van der Waals surface area contributed by atoms with Crippen molar-refractivity contribution in [2.45, 2.75) is 13.5 Å². The lowest BCUT2D eigenvalue weighted by atomic mass is 10.1. The number of aromatic nitrogens is 2. The fraction of sp³-hybridized carbons (Fsp3) is 0.467. The number of piperazine rings is 1. The molecule has 0 amide bonds. The summed E-state index contributed by atoms with van der Waals surface area (Å²) < 4.78 is 9.39. The molecule has 0 bridgehead atoms. The molecule has 1 fully saturated rings. The van der Waals surface area contributed by atoms with Gasteiger partial charge in [0.15, 0.2) is 5.82 Å². The molecule has 0 unspecified atom stereocenters. The molecule has 2 heterocycles. The largest absolute Gasteiger partial charge is 0.377 e. The lowest BCUT2D eigenvalue weighted by Gasteiger charge is -2.36. The van der Waals surface area contributed by atoms with Crippen molar-refractivity contribution >= 4 is 34.0 Å². The van der Waals surface area contributed by atoms with Crippen LogP contribution in [-0.2, 0) is 11.3 Å². The van der Waals surface area contributed by atoms with Crippen LogP contribution in [0.4, 0.5) is 10.8 Å². The Morgan fingerprint density at radius 2 is 1.95 bits per heavy atom. The van der Waals surface area contributed by atoms with Crippen LogP contribution in [0.15, 0.2) is 18.2 Å². The van der Waals surface area contributed by atoms with Gasteiger partial charge in [-0.25, -0.2) is 4.98 Å². The topological polar surface area (TPSA) is 41.5 Å². The zero-order valence-electron chi connectivity index (χ0n) is 12.8. The fourth-order valence-corrected chi connectivity index (χ4v) is 3.51. The zero-order valence-corrected chi connectivity index (χ0v) is 14.3. The Labute approximate surface area is 139 Å². The molecule has 5 nitrogen and oxygen atoms in total. The Balaban J connectivity index is 1.65. The summed E-state index contributed by atoms with van der Waals surface area (Å²) in [7, 11) is 1.66. The fourth-order valence-electron chi connectivity index (χ4n) is 2.62. The normalized spacial score (nSPS) is 15.4. The molecular weight excluding hydrogens is 320 g/mol. The summed E-state index contributed by atoms with van der Waals surface area (Å²) in [6.07, 6.45) is 0. The molecule has 0 atom stereocenters. The third-order valence-electron chi connectivity index (χ3n) is 3.79. The minimum absolute atomic E-state index is 0.470. The highest BCUT2D eigenvalue weighted by Crippen LogP contribution is 2.27. The van der Waals surface area contributed by atoms with Crippen LogP contribution in [0.5, 0.6) is 0 Å². The summed E-state index contributed by atoms with van der Waals surface area (Å²) in [5.41, 5.74) is 2.49. The van der Waals surface area contributed by atoms with Crippen molar-refractivity contribution in [1.82, 2.24) is 9.36 Å². The molecule has 1 aromatic heterocycles. The van der Waals surface area contributed by atoms with E-state index < -0.39 is 0 Å². The summed E-state index contributed by atoms with van der Waals surface area (Å²) in [5, 5.41) is 1.77. The van der Waals surface area contributed by atoms with Crippen molar-refractivity contribution in [3.8, 4) is 0 Å². The molecule has 0 N–H and O–H groups in total. The number of benzene rings is 1. The first-order chi connectivity index (χ1) is 10.7. The quantitative estimate of drug-likeness (QED) is 0.857. The first-order valence-electron chi connectivity index (χ1n) is 7.25. The number of anilines is 2. The van der Waals surface area contributed by atoms with E-state index in [0.717, 1.165) is 42.2 Å². The van der Waals surface area contributed by atoms with E-state index in [1.54, 1.807) is 7.11 Å². The Bertz CT molecular complexity index is 640. The molecule has 0 spiro atoms. The van der Waals surface area contributed by atoms with Gasteiger partial charge in [-0.2, -0.15) is 4.37 Å². The van der Waals surface area contributed by atoms with E-state index in [9.17, 15) is 0 Å². The van der Waals surface area contributed by atoms with Gasteiger partial charge in [-0.15, -0.1) is 0 Å². The predicted molar refractivity (Wildman–Crippen MR) is 91.2 cm³/mol. The minimum Gasteiger partial charge on any atom is -0.377 e. The average molecular weight is 339 g/mol. The number of ether oxygens (including phenoxy) is 1. The molecule has 0 aliphatic carbocycles. The second-order valence-corrected chi connectivity index (χ2v) is 6.50. The number of methoxy groups -OCH3 is 1. The van der Waals surface area contributed by atoms with Gasteiger partial charge in [-0.3, -0.25) is 0 Å². The van der Waals surface area contributed by atoms with E-state index in [0.29, 0.717) is 6.61 Å². The van der Waals surface area contributed by atoms with Crippen LogP contribution >= 0.6 is 23.1 Å². The Morgan fingerprint density at radius 3 is 2.68 bits per heavy atom. The molecule has 7 heteroatoms. The van der Waals surface area contributed by atoms with Crippen LogP contribution in [0, 0.1) is 6.92 Å². The molecule has 1 aromatic carbocycles. The monoisotopic (exact) mass is 338 g/mol. The van der Waals surface area contributed by atoms with E-state index in [2.05, 4.69) is 32.1 Å². The lowest BCUT2D eigenvalue weighted by molar-refractivity contribution is 0.179. The van der Waals surface area contributed by atoms with Gasteiger partial charge in [0.25, 0.3) is 0 Å². The minimum atomic E-state index is 0.470. The summed E-state index contributed by atoms with van der Waals surface area (Å²) in [6.45, 7) is 6.39. The third-order valence-corrected chi connectivity index (χ3v) is 4.84. The summed E-state index contributed by atoms with van der Waals surface area (Å²) in [6, 6.07) is 6.06. The summed E-state index contributed by atoms with van der Waals surface area (Å²) >= 11 is 7.57. The first-order valence-corrected chi connectivity index (χ1v) is 8.40. The number of hydrogen-bond donors (Lipinski definition) is 0. The number of rotatable bonds is 4. The van der Waals surface area contributed by atoms with Crippen molar-refractivity contribution in [3.05, 3.63) is 34.6 Å². The number of hydrogen-bond acceptors (Lipinski definition) is 6. The van der Waals surface area contributed by atoms with Crippen LogP contribution in [0.3, 0.4) is 0 Å². The summed E-state index contributed by atoms with van der Waals surface area (Å²) in [4.78, 5) is 9.19. The van der Waals surface area contributed by atoms with Crippen LogP contribution < -0.4 is 9.80 Å². The van der Waals surface area contributed by atoms with Crippen LogP contribution in [-0.4, -0.2) is 42.6 Å². The van der Waals surface area contributed by atoms with Gasteiger partial charge in [0.2, 0.25) is 5.13 Å². The highest BCUT2D eigenvalue weighted by Gasteiger charge is 2.21. The van der Waals surface area contributed by atoms with Crippen LogP contribution in [0.1, 0.15) is 11.4 Å².